The van der Waals surface area contributed by atoms with Gasteiger partial charge in [-0.15, -0.1) is 10.2 Å². The van der Waals surface area contributed by atoms with Gasteiger partial charge in [-0.3, -0.25) is 4.79 Å². The van der Waals surface area contributed by atoms with Gasteiger partial charge in [0.2, 0.25) is 0 Å². The molecule has 0 unspecified atom stereocenters. The first kappa shape index (κ1) is 7.38. The van der Waals surface area contributed by atoms with Gasteiger partial charge >= 0.3 is 0 Å². The van der Waals surface area contributed by atoms with Crippen molar-refractivity contribution in [2.75, 3.05) is 0 Å². The van der Waals surface area contributed by atoms with Crippen molar-refractivity contribution in [3.8, 4) is 0 Å². The van der Waals surface area contributed by atoms with Gasteiger partial charge in [0.25, 0.3) is 0 Å². The lowest BCUT2D eigenvalue weighted by molar-refractivity contribution is 1.30. The van der Waals surface area contributed by atoms with Crippen LogP contribution in [0.5, 0.6) is 0 Å². The van der Waals surface area contributed by atoms with E-state index < -0.39 is 0 Å². The summed E-state index contributed by atoms with van der Waals surface area (Å²) in [5, 5.41) is 9.56. The van der Waals surface area contributed by atoms with Crippen molar-refractivity contribution in [2.24, 2.45) is 10.2 Å². The largest absolute Gasteiger partial charge is 0.289 e. The maximum atomic E-state index is 11.6. The van der Waals surface area contributed by atoms with Crippen LogP contribution in [0, 0.1) is 0 Å². The minimum atomic E-state index is 0.0143. The normalized spacial score (nSPS) is 12.3. The maximum absolute atomic E-state index is 11.6. The van der Waals surface area contributed by atoms with Crippen LogP contribution in [0.4, 0.5) is 11.4 Å². The Labute approximate surface area is 79.7 Å². The molecule has 0 amide bonds. The van der Waals surface area contributed by atoms with Gasteiger partial charge < -0.3 is 0 Å². The molecule has 2 aromatic rings. The van der Waals surface area contributed by atoms with Crippen LogP contribution in [0.15, 0.2) is 51.4 Å². The molecule has 1 heterocycles. The summed E-state index contributed by atoms with van der Waals surface area (Å²) in [6.07, 6.45) is 0. The summed E-state index contributed by atoms with van der Waals surface area (Å²) in [5.41, 5.74) is 1.57. The van der Waals surface area contributed by atoms with Crippen molar-refractivity contribution in [1.82, 2.24) is 0 Å². The van der Waals surface area contributed by atoms with E-state index in [2.05, 4.69) is 10.2 Å². The van der Waals surface area contributed by atoms with E-state index >= 15 is 0 Å². The molecule has 0 saturated heterocycles. The highest BCUT2D eigenvalue weighted by Crippen LogP contribution is 2.37. The molecule has 66 valence electrons. The molecule has 3 nitrogen and oxygen atoms in total. The van der Waals surface area contributed by atoms with E-state index in [1.54, 1.807) is 18.2 Å². The fourth-order valence-electron chi connectivity index (χ4n) is 1.69. The highest BCUT2D eigenvalue weighted by Gasteiger charge is 2.11. The monoisotopic (exact) mass is 182 g/mol. The number of azo groups is 1. The predicted octanol–water partition coefficient (Wildman–Crippen LogP) is 2.93. The van der Waals surface area contributed by atoms with Crippen molar-refractivity contribution < 1.29 is 0 Å². The molecule has 1 aliphatic heterocycles. The quantitative estimate of drug-likeness (QED) is 0.527. The minimum absolute atomic E-state index is 0.0143. The van der Waals surface area contributed by atoms with Gasteiger partial charge in [-0.25, -0.2) is 0 Å². The summed E-state index contributed by atoms with van der Waals surface area (Å²) in [4.78, 5) is 11.6. The van der Waals surface area contributed by atoms with Crippen LogP contribution >= 0.6 is 0 Å². The van der Waals surface area contributed by atoms with Crippen LogP contribution < -0.4 is 5.43 Å². The Morgan fingerprint density at radius 3 is 2.21 bits per heavy atom. The van der Waals surface area contributed by atoms with Gasteiger partial charge in [-0.05, 0) is 18.2 Å². The van der Waals surface area contributed by atoms with Crippen molar-refractivity contribution in [1.29, 1.82) is 0 Å². The highest BCUT2D eigenvalue weighted by atomic mass is 16.1. The lowest BCUT2D eigenvalue weighted by Crippen LogP contribution is -1.93. The van der Waals surface area contributed by atoms with Crippen LogP contribution in [-0.2, 0) is 0 Å². The molecular formula is C11H6N2O. The molecule has 0 spiro atoms. The standard InChI is InChI=1S/C11H6N2O/c14-10-6-2-5-9-11-7(10)3-1-4-8(11)12-13-9/h1-6H. The van der Waals surface area contributed by atoms with Crippen molar-refractivity contribution in [3.05, 3.63) is 46.6 Å². The Morgan fingerprint density at radius 2 is 1.50 bits per heavy atom. The zero-order chi connectivity index (χ0) is 9.54. The smallest absolute Gasteiger partial charge is 0.186 e. The van der Waals surface area contributed by atoms with E-state index in [-0.39, 0.29) is 5.43 Å². The first-order valence-electron chi connectivity index (χ1n) is 4.34. The van der Waals surface area contributed by atoms with E-state index in [9.17, 15) is 4.79 Å². The molecule has 0 saturated carbocycles. The van der Waals surface area contributed by atoms with Gasteiger partial charge in [0.05, 0.1) is 11.4 Å². The summed E-state index contributed by atoms with van der Waals surface area (Å²) in [6.45, 7) is 0. The van der Waals surface area contributed by atoms with E-state index in [4.69, 9.17) is 0 Å². The maximum Gasteiger partial charge on any atom is 0.186 e. The molecule has 0 N–H and O–H groups in total. The Bertz CT molecular complexity index is 617. The van der Waals surface area contributed by atoms with E-state index in [1.807, 2.05) is 18.2 Å². The van der Waals surface area contributed by atoms with Gasteiger partial charge in [-0.2, -0.15) is 0 Å². The van der Waals surface area contributed by atoms with Crippen LogP contribution in [-0.4, -0.2) is 0 Å². The molecule has 0 radical (unpaired) electrons. The third kappa shape index (κ3) is 0.836. The molecule has 0 aromatic heterocycles. The van der Waals surface area contributed by atoms with Crippen molar-refractivity contribution in [2.45, 2.75) is 0 Å². The molecule has 0 bridgehead atoms. The van der Waals surface area contributed by atoms with Gasteiger partial charge in [-0.1, -0.05) is 18.2 Å². The Kier molecular flexibility index (Phi) is 1.31. The van der Waals surface area contributed by atoms with Gasteiger partial charge in [0.1, 0.15) is 0 Å². The average Bonchev–Trinajstić information content (AvgIpc) is 2.53. The first-order chi connectivity index (χ1) is 6.86. The first-order valence-corrected chi connectivity index (χ1v) is 4.34. The molecular weight excluding hydrogens is 176 g/mol. The molecule has 1 aliphatic rings. The molecule has 3 rings (SSSR count). The Morgan fingerprint density at radius 1 is 0.857 bits per heavy atom. The third-order valence-electron chi connectivity index (χ3n) is 2.33. The Hall–Kier alpha value is -2.03. The fourth-order valence-corrected chi connectivity index (χ4v) is 1.69. The third-order valence-corrected chi connectivity index (χ3v) is 2.33. The fraction of sp³-hybridized carbons (Fsp3) is 0. The summed E-state index contributed by atoms with van der Waals surface area (Å²) < 4.78 is 0. The number of hydrogen-bond donors (Lipinski definition) is 0. The predicted molar refractivity (Wildman–Crippen MR) is 54.4 cm³/mol. The number of nitrogens with zero attached hydrogens (tertiary/aromatic N) is 2. The second kappa shape index (κ2) is 2.48. The lowest BCUT2D eigenvalue weighted by atomic mass is 10.1. The van der Waals surface area contributed by atoms with E-state index in [0.29, 0.717) is 5.39 Å². The number of hydrogen-bond acceptors (Lipinski definition) is 3. The van der Waals surface area contributed by atoms with Crippen molar-refractivity contribution in [3.63, 3.8) is 0 Å². The second-order valence-corrected chi connectivity index (χ2v) is 3.17. The lowest BCUT2D eigenvalue weighted by Gasteiger charge is -1.91. The molecule has 14 heavy (non-hydrogen) atoms. The number of rotatable bonds is 0. The van der Waals surface area contributed by atoms with Crippen molar-refractivity contribution >= 4 is 22.1 Å². The molecule has 0 aliphatic carbocycles. The second-order valence-electron chi connectivity index (χ2n) is 3.17. The summed E-state index contributed by atoms with van der Waals surface area (Å²) in [6, 6.07) is 10.6. The SMILES string of the molecule is O=c1cccc2c3c(cccc13)N=N2. The Balaban J connectivity index is 2.72. The van der Waals surface area contributed by atoms with Gasteiger partial charge in [0.15, 0.2) is 5.43 Å². The van der Waals surface area contributed by atoms with Crippen LogP contribution in [0.1, 0.15) is 0 Å². The number of benzene rings is 1. The van der Waals surface area contributed by atoms with Gasteiger partial charge in [0, 0.05) is 10.8 Å². The van der Waals surface area contributed by atoms with Crippen LogP contribution in [0.25, 0.3) is 10.8 Å². The summed E-state index contributed by atoms with van der Waals surface area (Å²) in [7, 11) is 0. The van der Waals surface area contributed by atoms with E-state index in [0.717, 1.165) is 16.8 Å². The van der Waals surface area contributed by atoms with Crippen LogP contribution in [0.3, 0.4) is 0 Å². The summed E-state index contributed by atoms with van der Waals surface area (Å²) in [5.74, 6) is 0. The highest BCUT2D eigenvalue weighted by molar-refractivity contribution is 6.01. The topological polar surface area (TPSA) is 41.8 Å². The molecule has 0 atom stereocenters. The van der Waals surface area contributed by atoms with E-state index in [1.165, 1.54) is 0 Å². The van der Waals surface area contributed by atoms with Crippen LogP contribution in [0.2, 0.25) is 0 Å². The summed E-state index contributed by atoms with van der Waals surface area (Å²) >= 11 is 0. The molecule has 2 aromatic carbocycles. The minimum Gasteiger partial charge on any atom is -0.289 e. The molecule has 0 fully saturated rings. The average molecular weight is 182 g/mol. The zero-order valence-corrected chi connectivity index (χ0v) is 7.27. The molecule has 3 heteroatoms. The zero-order valence-electron chi connectivity index (χ0n) is 7.27.